The average Bonchev–Trinajstić information content (AvgIpc) is 2.95. The minimum Gasteiger partial charge on any atom is -0.330 e. The summed E-state index contributed by atoms with van der Waals surface area (Å²) in [7, 11) is 3.12. The molecular weight excluding hydrogens is 306 g/mol. The lowest BCUT2D eigenvalue weighted by atomic mass is 10.1. The third-order valence-electron chi connectivity index (χ3n) is 4.22. The van der Waals surface area contributed by atoms with Crippen molar-refractivity contribution in [2.75, 3.05) is 6.54 Å². The van der Waals surface area contributed by atoms with Crippen LogP contribution in [0.3, 0.4) is 0 Å². The number of benzene rings is 1. The zero-order valence-corrected chi connectivity index (χ0v) is 13.9. The van der Waals surface area contributed by atoms with Crippen LogP contribution in [0.1, 0.15) is 17.8 Å². The molecule has 3 rings (SSSR count). The van der Waals surface area contributed by atoms with E-state index < -0.39 is 0 Å². The van der Waals surface area contributed by atoms with Gasteiger partial charge in [0.15, 0.2) is 11.2 Å². The molecule has 0 aliphatic heterocycles. The minimum absolute atomic E-state index is 0.322. The Morgan fingerprint density at radius 3 is 2.46 bits per heavy atom. The Labute approximate surface area is 139 Å². The van der Waals surface area contributed by atoms with E-state index >= 15 is 0 Å². The molecule has 0 bridgehead atoms. The number of aryl methyl sites for hydroxylation is 2. The van der Waals surface area contributed by atoms with E-state index in [1.807, 2.05) is 34.9 Å². The molecule has 2 heterocycles. The Morgan fingerprint density at radius 1 is 1.08 bits per heavy atom. The first kappa shape index (κ1) is 16.2. The number of rotatable bonds is 5. The summed E-state index contributed by atoms with van der Waals surface area (Å²) < 4.78 is 4.44. The van der Waals surface area contributed by atoms with Crippen molar-refractivity contribution < 1.29 is 0 Å². The summed E-state index contributed by atoms with van der Waals surface area (Å²) in [6.07, 6.45) is 1.33. The molecule has 0 unspecified atom stereocenters. The highest BCUT2D eigenvalue weighted by atomic mass is 16.2. The second-order valence-corrected chi connectivity index (χ2v) is 5.86. The molecule has 7 nitrogen and oxygen atoms in total. The number of imidazole rings is 1. The molecule has 24 heavy (non-hydrogen) atoms. The van der Waals surface area contributed by atoms with Crippen LogP contribution in [0, 0.1) is 0 Å². The summed E-state index contributed by atoms with van der Waals surface area (Å²) in [5.74, 6) is 0.767. The summed E-state index contributed by atoms with van der Waals surface area (Å²) in [5.41, 5.74) is 6.93. The fourth-order valence-corrected chi connectivity index (χ4v) is 2.90. The van der Waals surface area contributed by atoms with Crippen LogP contribution in [-0.2, 0) is 27.1 Å². The lowest BCUT2D eigenvalue weighted by Crippen LogP contribution is -2.37. The topological polar surface area (TPSA) is 87.8 Å². The van der Waals surface area contributed by atoms with Gasteiger partial charge in [-0.1, -0.05) is 30.3 Å². The highest BCUT2D eigenvalue weighted by molar-refractivity contribution is 5.71. The molecular formula is C17H21N5O2. The predicted molar refractivity (Wildman–Crippen MR) is 93.1 cm³/mol. The maximum Gasteiger partial charge on any atom is 0.332 e. The summed E-state index contributed by atoms with van der Waals surface area (Å²) in [5, 5.41) is 0. The van der Waals surface area contributed by atoms with Gasteiger partial charge in [-0.15, -0.1) is 0 Å². The number of aromatic nitrogens is 4. The normalized spacial score (nSPS) is 11.3. The van der Waals surface area contributed by atoms with Crippen molar-refractivity contribution >= 4 is 11.2 Å². The fraction of sp³-hybridized carbons (Fsp3) is 0.353. The molecule has 0 saturated carbocycles. The molecule has 7 heteroatoms. The van der Waals surface area contributed by atoms with Crippen LogP contribution in [0.15, 0.2) is 39.9 Å². The van der Waals surface area contributed by atoms with E-state index in [0.717, 1.165) is 22.4 Å². The van der Waals surface area contributed by atoms with E-state index in [1.165, 1.54) is 11.6 Å². The maximum atomic E-state index is 12.6. The van der Waals surface area contributed by atoms with Gasteiger partial charge < -0.3 is 10.3 Å². The quantitative estimate of drug-likeness (QED) is 0.733. The molecule has 2 aromatic heterocycles. The molecule has 0 radical (unpaired) electrons. The number of hydrogen-bond donors (Lipinski definition) is 1. The molecule has 2 N–H and O–H groups in total. The lowest BCUT2D eigenvalue weighted by Gasteiger charge is -2.09. The van der Waals surface area contributed by atoms with Gasteiger partial charge in [0, 0.05) is 27.1 Å². The molecule has 3 aromatic rings. The first-order valence-corrected chi connectivity index (χ1v) is 7.93. The average molecular weight is 327 g/mol. The summed E-state index contributed by atoms with van der Waals surface area (Å²) in [6, 6.07) is 9.93. The van der Waals surface area contributed by atoms with Gasteiger partial charge in [0.05, 0.1) is 0 Å². The second-order valence-electron chi connectivity index (χ2n) is 5.86. The van der Waals surface area contributed by atoms with Gasteiger partial charge in [0.25, 0.3) is 5.56 Å². The van der Waals surface area contributed by atoms with E-state index in [2.05, 4.69) is 4.98 Å². The largest absolute Gasteiger partial charge is 0.332 e. The Hall–Kier alpha value is -2.67. The van der Waals surface area contributed by atoms with Gasteiger partial charge in [0.1, 0.15) is 5.82 Å². The molecule has 0 aliphatic carbocycles. The summed E-state index contributed by atoms with van der Waals surface area (Å²) >= 11 is 0. The Bertz CT molecular complexity index is 982. The number of nitrogens with two attached hydrogens (primary N) is 1. The molecule has 126 valence electrons. The van der Waals surface area contributed by atoms with Crippen molar-refractivity contribution in [3.63, 3.8) is 0 Å². The highest BCUT2D eigenvalue weighted by Crippen LogP contribution is 2.15. The van der Waals surface area contributed by atoms with Gasteiger partial charge in [-0.2, -0.15) is 0 Å². The molecule has 0 atom stereocenters. The molecule has 0 saturated heterocycles. The maximum absolute atomic E-state index is 12.6. The van der Waals surface area contributed by atoms with Crippen LogP contribution >= 0.6 is 0 Å². The van der Waals surface area contributed by atoms with Gasteiger partial charge in [-0.05, 0) is 18.5 Å². The zero-order chi connectivity index (χ0) is 17.3. The predicted octanol–water partition coefficient (Wildman–Crippen LogP) is 0.373. The van der Waals surface area contributed by atoms with E-state index in [0.29, 0.717) is 30.7 Å². The first-order valence-electron chi connectivity index (χ1n) is 7.93. The van der Waals surface area contributed by atoms with E-state index in [-0.39, 0.29) is 11.2 Å². The zero-order valence-electron chi connectivity index (χ0n) is 13.9. The number of fused-ring (bicyclic) bond motifs is 1. The van der Waals surface area contributed by atoms with Crippen LogP contribution < -0.4 is 17.0 Å². The monoisotopic (exact) mass is 327 g/mol. The third-order valence-corrected chi connectivity index (χ3v) is 4.22. The number of hydrogen-bond acceptors (Lipinski definition) is 4. The smallest absolute Gasteiger partial charge is 0.330 e. The molecule has 0 amide bonds. The van der Waals surface area contributed by atoms with Crippen molar-refractivity contribution in [3.8, 4) is 0 Å². The van der Waals surface area contributed by atoms with E-state index in [9.17, 15) is 9.59 Å². The van der Waals surface area contributed by atoms with Crippen LogP contribution in [0.4, 0.5) is 0 Å². The van der Waals surface area contributed by atoms with Crippen LogP contribution in [0.25, 0.3) is 11.2 Å². The second kappa shape index (κ2) is 6.45. The minimum atomic E-state index is -0.373. The molecule has 0 spiro atoms. The Morgan fingerprint density at radius 2 is 1.79 bits per heavy atom. The third kappa shape index (κ3) is 2.67. The van der Waals surface area contributed by atoms with Crippen molar-refractivity contribution in [3.05, 3.63) is 62.6 Å². The fourth-order valence-electron chi connectivity index (χ4n) is 2.90. The Kier molecular flexibility index (Phi) is 4.35. The summed E-state index contributed by atoms with van der Waals surface area (Å²) in [4.78, 5) is 29.4. The van der Waals surface area contributed by atoms with E-state index in [4.69, 9.17) is 5.73 Å². The van der Waals surface area contributed by atoms with Gasteiger partial charge in [0.2, 0.25) is 0 Å². The highest BCUT2D eigenvalue weighted by Gasteiger charge is 2.18. The molecule has 1 aromatic carbocycles. The number of nitrogens with zero attached hydrogens (tertiary/aromatic N) is 4. The van der Waals surface area contributed by atoms with Gasteiger partial charge >= 0.3 is 5.69 Å². The van der Waals surface area contributed by atoms with E-state index in [1.54, 1.807) is 7.05 Å². The Balaban J connectivity index is 2.25. The standard InChI is InChI=1S/C17H21N5O2/c1-20-15-14(16(23)21(2)17(20)24)22(10-6-9-18)13(19-15)11-12-7-4-3-5-8-12/h3-5,7-8H,6,9-11,18H2,1-2H3. The molecule has 0 aliphatic rings. The summed E-state index contributed by atoms with van der Waals surface area (Å²) in [6.45, 7) is 1.12. The van der Waals surface area contributed by atoms with Crippen LogP contribution in [-0.4, -0.2) is 25.2 Å². The lowest BCUT2D eigenvalue weighted by molar-refractivity contribution is 0.633. The van der Waals surface area contributed by atoms with Crippen molar-refractivity contribution in [2.45, 2.75) is 19.4 Å². The van der Waals surface area contributed by atoms with Crippen molar-refractivity contribution in [2.24, 2.45) is 19.8 Å². The molecule has 0 fully saturated rings. The van der Waals surface area contributed by atoms with Crippen molar-refractivity contribution in [1.29, 1.82) is 0 Å². The van der Waals surface area contributed by atoms with Crippen molar-refractivity contribution in [1.82, 2.24) is 18.7 Å². The van der Waals surface area contributed by atoms with Crippen LogP contribution in [0.5, 0.6) is 0 Å². The first-order chi connectivity index (χ1) is 11.5. The van der Waals surface area contributed by atoms with Crippen LogP contribution in [0.2, 0.25) is 0 Å². The van der Waals surface area contributed by atoms with Gasteiger partial charge in [-0.3, -0.25) is 13.9 Å². The van der Waals surface area contributed by atoms with Gasteiger partial charge in [-0.25, -0.2) is 9.78 Å². The SMILES string of the molecule is Cn1c(=O)c2c(nc(Cc3ccccc3)n2CCCN)n(C)c1=O.